The zero-order chi connectivity index (χ0) is 9.26. The van der Waals surface area contributed by atoms with E-state index in [0.717, 1.165) is 12.0 Å². The van der Waals surface area contributed by atoms with E-state index in [-0.39, 0.29) is 6.04 Å². The van der Waals surface area contributed by atoms with Crippen LogP contribution in [0.15, 0.2) is 19.0 Å². The van der Waals surface area contributed by atoms with Gasteiger partial charge in [-0.25, -0.2) is 4.39 Å². The number of hydrogen-bond donors (Lipinski definition) is 0. The first-order valence-corrected chi connectivity index (χ1v) is 4.60. The molecule has 1 aliphatic rings. The lowest BCUT2D eigenvalue weighted by molar-refractivity contribution is 0.326. The molecule has 0 bridgehead atoms. The fraction of sp³-hybridized carbons (Fsp3) is 0.500. The van der Waals surface area contributed by atoms with Crippen LogP contribution in [0, 0.1) is 0 Å². The third kappa shape index (κ3) is 1.64. The summed E-state index contributed by atoms with van der Waals surface area (Å²) in [5, 5.41) is 4.18. The summed E-state index contributed by atoms with van der Waals surface area (Å²) in [6.07, 6.45) is 6.99. The quantitative estimate of drug-likeness (QED) is 0.684. The Labute approximate surface area is 77.1 Å². The second kappa shape index (κ2) is 3.32. The van der Waals surface area contributed by atoms with E-state index in [9.17, 15) is 4.39 Å². The van der Waals surface area contributed by atoms with E-state index in [0.29, 0.717) is 12.8 Å². The minimum Gasteiger partial charge on any atom is -0.269 e. The molecule has 0 aliphatic heterocycles. The molecule has 1 aromatic heterocycles. The van der Waals surface area contributed by atoms with Crippen molar-refractivity contribution in [1.82, 2.24) is 9.78 Å². The molecule has 3 heteroatoms. The molecular formula is C10H13FN2. The molecule has 13 heavy (non-hydrogen) atoms. The van der Waals surface area contributed by atoms with Crippen LogP contribution in [0.5, 0.6) is 0 Å². The topological polar surface area (TPSA) is 17.8 Å². The zero-order valence-electron chi connectivity index (χ0n) is 7.49. The van der Waals surface area contributed by atoms with Gasteiger partial charge in [-0.1, -0.05) is 12.7 Å². The highest BCUT2D eigenvalue weighted by Crippen LogP contribution is 2.31. The van der Waals surface area contributed by atoms with Crippen LogP contribution >= 0.6 is 0 Å². The fourth-order valence-corrected chi connectivity index (χ4v) is 1.80. The van der Waals surface area contributed by atoms with Gasteiger partial charge < -0.3 is 0 Å². The number of nitrogens with zero attached hydrogens (tertiary/aromatic N) is 2. The van der Waals surface area contributed by atoms with Gasteiger partial charge in [-0.15, -0.1) is 0 Å². The lowest BCUT2D eigenvalue weighted by Crippen LogP contribution is -2.05. The number of alkyl halides is 1. The van der Waals surface area contributed by atoms with Gasteiger partial charge in [0.1, 0.15) is 6.17 Å². The highest BCUT2D eigenvalue weighted by Gasteiger charge is 2.25. The molecule has 70 valence electrons. The summed E-state index contributed by atoms with van der Waals surface area (Å²) < 4.78 is 14.7. The molecule has 0 saturated heterocycles. The molecular weight excluding hydrogens is 167 g/mol. The largest absolute Gasteiger partial charge is 0.269 e. The van der Waals surface area contributed by atoms with E-state index < -0.39 is 6.17 Å². The standard InChI is InChI=1S/C10H13FN2/c1-2-8-6-12-13(7-8)10-4-3-9(11)5-10/h2,6-7,9-10H,1,3-5H2. The van der Waals surface area contributed by atoms with Crippen LogP contribution in [0.4, 0.5) is 4.39 Å². The second-order valence-corrected chi connectivity index (χ2v) is 3.52. The molecule has 2 atom stereocenters. The van der Waals surface area contributed by atoms with Crippen LogP contribution < -0.4 is 0 Å². The van der Waals surface area contributed by atoms with Gasteiger partial charge in [-0.2, -0.15) is 5.10 Å². The summed E-state index contributed by atoms with van der Waals surface area (Å²) in [6, 6.07) is 0.253. The molecule has 0 spiro atoms. The average molecular weight is 180 g/mol. The molecule has 0 aromatic carbocycles. The molecule has 0 radical (unpaired) electrons. The van der Waals surface area contributed by atoms with Crippen molar-refractivity contribution in [2.75, 3.05) is 0 Å². The Morgan fingerprint density at radius 2 is 2.46 bits per heavy atom. The Hall–Kier alpha value is -1.12. The number of hydrogen-bond acceptors (Lipinski definition) is 1. The van der Waals surface area contributed by atoms with Crippen molar-refractivity contribution < 1.29 is 4.39 Å². The van der Waals surface area contributed by atoms with E-state index in [1.165, 1.54) is 0 Å². The van der Waals surface area contributed by atoms with Crippen molar-refractivity contribution in [3.8, 4) is 0 Å². The van der Waals surface area contributed by atoms with E-state index in [4.69, 9.17) is 0 Å². The smallest absolute Gasteiger partial charge is 0.102 e. The average Bonchev–Trinajstić information content (AvgIpc) is 2.71. The molecule has 1 fully saturated rings. The van der Waals surface area contributed by atoms with Crippen molar-refractivity contribution in [1.29, 1.82) is 0 Å². The summed E-state index contributed by atoms with van der Waals surface area (Å²) in [5.41, 5.74) is 1.00. The number of aromatic nitrogens is 2. The van der Waals surface area contributed by atoms with Gasteiger partial charge in [-0.3, -0.25) is 4.68 Å². The van der Waals surface area contributed by atoms with Gasteiger partial charge in [-0.05, 0) is 12.8 Å². The molecule has 1 saturated carbocycles. The molecule has 2 nitrogen and oxygen atoms in total. The molecule has 0 N–H and O–H groups in total. The zero-order valence-corrected chi connectivity index (χ0v) is 7.49. The highest BCUT2D eigenvalue weighted by molar-refractivity contribution is 5.43. The Balaban J connectivity index is 2.12. The fourth-order valence-electron chi connectivity index (χ4n) is 1.80. The molecule has 1 aliphatic carbocycles. The number of rotatable bonds is 2. The van der Waals surface area contributed by atoms with Gasteiger partial charge in [0.2, 0.25) is 0 Å². The third-order valence-corrected chi connectivity index (χ3v) is 2.57. The molecule has 0 amide bonds. The third-order valence-electron chi connectivity index (χ3n) is 2.57. The van der Waals surface area contributed by atoms with E-state index in [1.807, 2.05) is 10.9 Å². The summed E-state index contributed by atoms with van der Waals surface area (Å²) in [6.45, 7) is 3.66. The predicted molar refractivity (Wildman–Crippen MR) is 50.1 cm³/mol. The van der Waals surface area contributed by atoms with Gasteiger partial charge in [0.15, 0.2) is 0 Å². The SMILES string of the molecule is C=Cc1cnn(C2CCC(F)C2)c1. The van der Waals surface area contributed by atoms with Crippen LogP contribution in [0.25, 0.3) is 6.08 Å². The van der Waals surface area contributed by atoms with Crippen molar-refractivity contribution >= 4 is 6.08 Å². The maximum absolute atomic E-state index is 12.9. The number of halogens is 1. The molecule has 2 rings (SSSR count). The summed E-state index contributed by atoms with van der Waals surface area (Å²) in [4.78, 5) is 0. The van der Waals surface area contributed by atoms with Crippen LogP contribution in [0.3, 0.4) is 0 Å². The summed E-state index contributed by atoms with van der Waals surface area (Å²) in [7, 11) is 0. The summed E-state index contributed by atoms with van der Waals surface area (Å²) in [5.74, 6) is 0. The van der Waals surface area contributed by atoms with Crippen LogP contribution in [0.1, 0.15) is 30.9 Å². The van der Waals surface area contributed by atoms with Crippen LogP contribution in [0.2, 0.25) is 0 Å². The van der Waals surface area contributed by atoms with E-state index >= 15 is 0 Å². The second-order valence-electron chi connectivity index (χ2n) is 3.52. The van der Waals surface area contributed by atoms with Gasteiger partial charge in [0.05, 0.1) is 12.2 Å². The van der Waals surface area contributed by atoms with E-state index in [2.05, 4.69) is 11.7 Å². The van der Waals surface area contributed by atoms with E-state index in [1.54, 1.807) is 12.3 Å². The molecule has 1 heterocycles. The van der Waals surface area contributed by atoms with Crippen LogP contribution in [-0.4, -0.2) is 16.0 Å². The van der Waals surface area contributed by atoms with Crippen molar-refractivity contribution in [2.45, 2.75) is 31.5 Å². The van der Waals surface area contributed by atoms with Gasteiger partial charge in [0, 0.05) is 18.2 Å². The van der Waals surface area contributed by atoms with Crippen molar-refractivity contribution in [3.05, 3.63) is 24.5 Å². The van der Waals surface area contributed by atoms with Crippen molar-refractivity contribution in [2.24, 2.45) is 0 Å². The maximum atomic E-state index is 12.9. The molecule has 2 unspecified atom stereocenters. The Morgan fingerprint density at radius 1 is 1.62 bits per heavy atom. The maximum Gasteiger partial charge on any atom is 0.102 e. The van der Waals surface area contributed by atoms with Crippen molar-refractivity contribution in [3.63, 3.8) is 0 Å². The first-order chi connectivity index (χ1) is 6.29. The van der Waals surface area contributed by atoms with Crippen LogP contribution in [-0.2, 0) is 0 Å². The highest BCUT2D eigenvalue weighted by atomic mass is 19.1. The monoisotopic (exact) mass is 180 g/mol. The Bertz CT molecular complexity index is 306. The minimum absolute atomic E-state index is 0.253. The normalized spacial score (nSPS) is 27.8. The Morgan fingerprint density at radius 3 is 3.00 bits per heavy atom. The lowest BCUT2D eigenvalue weighted by Gasteiger charge is -2.08. The van der Waals surface area contributed by atoms with Gasteiger partial charge >= 0.3 is 0 Å². The lowest BCUT2D eigenvalue weighted by atomic mass is 10.2. The summed E-state index contributed by atoms with van der Waals surface area (Å²) >= 11 is 0. The Kier molecular flexibility index (Phi) is 2.17. The first kappa shape index (κ1) is 8.48. The predicted octanol–water partition coefficient (Wildman–Crippen LogP) is 2.59. The minimum atomic E-state index is -0.638. The van der Waals surface area contributed by atoms with Gasteiger partial charge in [0.25, 0.3) is 0 Å². The first-order valence-electron chi connectivity index (χ1n) is 4.60. The molecule has 1 aromatic rings.